The Balaban J connectivity index is 1.35. The largest absolute Gasteiger partial charge is 0.493 e. The number of nitriles is 1. The topological polar surface area (TPSA) is 106 Å². The number of anilines is 1. The number of carbonyl (C=O) groups is 1. The molecule has 1 atom stereocenters. The van der Waals surface area contributed by atoms with Crippen LogP contribution in [0.25, 0.3) is 6.08 Å². The Labute approximate surface area is 261 Å². The number of aromatic nitrogens is 1. The minimum atomic E-state index is -0.612. The molecule has 0 radical (unpaired) electrons. The van der Waals surface area contributed by atoms with Crippen LogP contribution < -0.4 is 29.7 Å². The van der Waals surface area contributed by atoms with Gasteiger partial charge in [0.25, 0.3) is 11.5 Å². The third-order valence-electron chi connectivity index (χ3n) is 7.12. The average Bonchev–Trinajstić information content (AvgIpc) is 3.68. The number of benzene rings is 3. The van der Waals surface area contributed by atoms with Gasteiger partial charge in [0.05, 0.1) is 34.5 Å². The van der Waals surface area contributed by atoms with E-state index in [9.17, 15) is 14.9 Å². The summed E-state index contributed by atoms with van der Waals surface area (Å²) in [6, 6.07) is 27.3. The molecule has 1 aliphatic heterocycles. The van der Waals surface area contributed by atoms with Gasteiger partial charge in [0.15, 0.2) is 16.3 Å². The summed E-state index contributed by atoms with van der Waals surface area (Å²) >= 11 is 2.76. The van der Waals surface area contributed by atoms with Crippen LogP contribution in [0, 0.1) is 11.3 Å². The molecule has 1 amide bonds. The van der Waals surface area contributed by atoms with Crippen LogP contribution in [0.5, 0.6) is 11.5 Å². The van der Waals surface area contributed by atoms with Gasteiger partial charge in [-0.3, -0.25) is 14.2 Å². The standard InChI is InChI=1S/C34H26N4O4S2/c1-21-30(32(39)37-25-11-4-3-5-12-25)31(28-13-8-16-43-28)38-33(40)29(44-34(38)36-21)18-22-14-15-26(27(17-22)41-2)42-20-24-10-7-6-9-23(24)19-35/h3-18,31H,20H2,1-2H3,(H,37,39)/b29-18+/t31-/m0/s1. The van der Waals surface area contributed by atoms with Crippen LogP contribution in [-0.2, 0) is 11.4 Å². The number of rotatable bonds is 8. The van der Waals surface area contributed by atoms with Gasteiger partial charge in [-0.2, -0.15) is 5.26 Å². The summed E-state index contributed by atoms with van der Waals surface area (Å²) in [6.07, 6.45) is 1.79. The highest BCUT2D eigenvalue weighted by molar-refractivity contribution is 7.10. The molecule has 0 unspecified atom stereocenters. The molecule has 2 aromatic heterocycles. The van der Waals surface area contributed by atoms with Gasteiger partial charge in [-0.25, -0.2) is 4.99 Å². The molecule has 1 N–H and O–H groups in total. The SMILES string of the molecule is COc1cc(/C=c2/sc3n(c2=O)[C@@H](c2cccs2)C(C(=O)Nc2ccccc2)=C(C)N=3)ccc1OCc1ccccc1C#N. The molecule has 0 saturated heterocycles. The van der Waals surface area contributed by atoms with Gasteiger partial charge in [0.2, 0.25) is 0 Å². The molecule has 0 spiro atoms. The lowest BCUT2D eigenvalue weighted by molar-refractivity contribution is -0.113. The normalized spacial score (nSPS) is 14.4. The zero-order valence-electron chi connectivity index (χ0n) is 23.8. The smallest absolute Gasteiger partial charge is 0.271 e. The minimum Gasteiger partial charge on any atom is -0.493 e. The molecule has 0 fully saturated rings. The number of allylic oxidation sites excluding steroid dienone is 1. The summed E-state index contributed by atoms with van der Waals surface area (Å²) in [4.78, 5) is 33.6. The van der Waals surface area contributed by atoms with E-state index < -0.39 is 6.04 Å². The van der Waals surface area contributed by atoms with Gasteiger partial charge in [-0.05, 0) is 60.3 Å². The monoisotopic (exact) mass is 618 g/mol. The molecule has 0 saturated carbocycles. The fourth-order valence-electron chi connectivity index (χ4n) is 5.00. The second kappa shape index (κ2) is 12.6. The fraction of sp³-hybridized carbons (Fsp3) is 0.118. The Morgan fingerprint density at radius 3 is 2.61 bits per heavy atom. The van der Waals surface area contributed by atoms with E-state index in [4.69, 9.17) is 14.5 Å². The molecule has 44 heavy (non-hydrogen) atoms. The molecule has 8 nitrogen and oxygen atoms in total. The van der Waals surface area contributed by atoms with Crippen molar-refractivity contribution in [3.63, 3.8) is 0 Å². The van der Waals surface area contributed by atoms with Crippen LogP contribution in [0.2, 0.25) is 0 Å². The van der Waals surface area contributed by atoms with Crippen LogP contribution in [0.15, 0.2) is 111 Å². The highest BCUT2D eigenvalue weighted by atomic mass is 32.1. The van der Waals surface area contributed by atoms with Crippen molar-refractivity contribution in [3.05, 3.63) is 143 Å². The number of hydrogen-bond acceptors (Lipinski definition) is 8. The molecular weight excluding hydrogens is 593 g/mol. The third-order valence-corrected chi connectivity index (χ3v) is 9.02. The number of ether oxygens (including phenoxy) is 2. The lowest BCUT2D eigenvalue weighted by Gasteiger charge is -2.24. The number of hydrogen-bond donors (Lipinski definition) is 1. The summed E-state index contributed by atoms with van der Waals surface area (Å²) in [5.41, 5.74) is 3.47. The number of carbonyl (C=O) groups excluding carboxylic acids is 1. The highest BCUT2D eigenvalue weighted by Gasteiger charge is 2.33. The van der Waals surface area contributed by atoms with Crippen molar-refractivity contribution in [1.82, 2.24) is 4.57 Å². The number of amides is 1. The van der Waals surface area contributed by atoms with Gasteiger partial charge >= 0.3 is 0 Å². The number of thiazole rings is 1. The average molecular weight is 619 g/mol. The summed E-state index contributed by atoms with van der Waals surface area (Å²) < 4.78 is 13.7. The summed E-state index contributed by atoms with van der Waals surface area (Å²) in [7, 11) is 1.55. The predicted molar refractivity (Wildman–Crippen MR) is 172 cm³/mol. The first-order valence-corrected chi connectivity index (χ1v) is 15.4. The number of methoxy groups -OCH3 is 1. The van der Waals surface area contributed by atoms with Crippen molar-refractivity contribution in [3.8, 4) is 17.6 Å². The molecule has 10 heteroatoms. The maximum absolute atomic E-state index is 13.9. The molecule has 0 bridgehead atoms. The van der Waals surface area contributed by atoms with E-state index in [1.807, 2.05) is 72.1 Å². The van der Waals surface area contributed by atoms with E-state index in [1.54, 1.807) is 42.9 Å². The molecular formula is C34H26N4O4S2. The van der Waals surface area contributed by atoms with Crippen molar-refractivity contribution < 1.29 is 14.3 Å². The second-order valence-corrected chi connectivity index (χ2v) is 11.9. The first-order valence-electron chi connectivity index (χ1n) is 13.7. The van der Waals surface area contributed by atoms with Crippen LogP contribution in [0.3, 0.4) is 0 Å². The highest BCUT2D eigenvalue weighted by Crippen LogP contribution is 2.33. The van der Waals surface area contributed by atoms with E-state index >= 15 is 0 Å². The van der Waals surface area contributed by atoms with E-state index in [0.717, 1.165) is 16.0 Å². The second-order valence-electron chi connectivity index (χ2n) is 9.89. The van der Waals surface area contributed by atoms with E-state index in [0.29, 0.717) is 43.4 Å². The molecule has 1 aliphatic rings. The Morgan fingerprint density at radius 1 is 1.07 bits per heavy atom. The van der Waals surface area contributed by atoms with Crippen LogP contribution in [0.1, 0.15) is 34.5 Å². The molecule has 0 aliphatic carbocycles. The van der Waals surface area contributed by atoms with Crippen molar-refractivity contribution in [2.45, 2.75) is 19.6 Å². The number of fused-ring (bicyclic) bond motifs is 1. The molecule has 6 rings (SSSR count). The van der Waals surface area contributed by atoms with E-state index in [2.05, 4.69) is 11.4 Å². The Kier molecular flexibility index (Phi) is 8.23. The zero-order valence-corrected chi connectivity index (χ0v) is 25.4. The van der Waals surface area contributed by atoms with Crippen LogP contribution in [-0.4, -0.2) is 17.6 Å². The van der Waals surface area contributed by atoms with Crippen molar-refractivity contribution >= 4 is 40.3 Å². The third kappa shape index (κ3) is 5.71. The minimum absolute atomic E-state index is 0.209. The lowest BCUT2D eigenvalue weighted by Crippen LogP contribution is -2.40. The van der Waals surface area contributed by atoms with Gasteiger partial charge in [0, 0.05) is 16.1 Å². The number of thiophene rings is 1. The Bertz CT molecular complexity index is 2110. The van der Waals surface area contributed by atoms with Crippen molar-refractivity contribution in [2.75, 3.05) is 12.4 Å². The van der Waals surface area contributed by atoms with E-state index in [1.165, 1.54) is 22.7 Å². The molecule has 3 heterocycles. The van der Waals surface area contributed by atoms with Gasteiger partial charge in [-0.1, -0.05) is 59.9 Å². The molecule has 3 aromatic carbocycles. The van der Waals surface area contributed by atoms with Gasteiger partial charge in [-0.15, -0.1) is 11.3 Å². The zero-order chi connectivity index (χ0) is 30.6. The summed E-state index contributed by atoms with van der Waals surface area (Å²) in [5.74, 6) is 0.706. The predicted octanol–water partition coefficient (Wildman–Crippen LogP) is 5.39. The van der Waals surface area contributed by atoms with E-state index in [-0.39, 0.29) is 18.1 Å². The quantitative estimate of drug-likeness (QED) is 0.251. The van der Waals surface area contributed by atoms with Crippen LogP contribution >= 0.6 is 22.7 Å². The number of para-hydroxylation sites is 1. The Morgan fingerprint density at radius 2 is 1.86 bits per heavy atom. The first-order chi connectivity index (χ1) is 21.5. The van der Waals surface area contributed by atoms with Crippen molar-refractivity contribution in [1.29, 1.82) is 5.26 Å². The fourth-order valence-corrected chi connectivity index (χ4v) is 6.87. The van der Waals surface area contributed by atoms with Crippen molar-refractivity contribution in [2.24, 2.45) is 4.99 Å². The number of nitrogens with one attached hydrogen (secondary N) is 1. The lowest BCUT2D eigenvalue weighted by atomic mass is 10.0. The number of nitrogens with zero attached hydrogens (tertiary/aromatic N) is 3. The Hall–Kier alpha value is -5.24. The van der Waals surface area contributed by atoms with Gasteiger partial charge < -0.3 is 14.8 Å². The maximum atomic E-state index is 13.9. The van der Waals surface area contributed by atoms with Gasteiger partial charge in [0.1, 0.15) is 12.6 Å². The first kappa shape index (κ1) is 28.9. The maximum Gasteiger partial charge on any atom is 0.271 e. The molecule has 5 aromatic rings. The summed E-state index contributed by atoms with van der Waals surface area (Å²) in [6.45, 7) is 2.01. The molecule has 218 valence electrons. The van der Waals surface area contributed by atoms with Crippen LogP contribution in [0.4, 0.5) is 5.69 Å². The summed E-state index contributed by atoms with van der Waals surface area (Å²) in [5, 5.41) is 14.3.